The molecule has 1 unspecified atom stereocenters. The lowest BCUT2D eigenvalue weighted by Crippen LogP contribution is -2.40. The molecule has 2 heterocycles. The Labute approximate surface area is 118 Å². The Morgan fingerprint density at radius 1 is 1.30 bits per heavy atom. The molecule has 2 rings (SSSR count). The first kappa shape index (κ1) is 14.3. The van der Waals surface area contributed by atoms with Gasteiger partial charge in [-0.25, -0.2) is 9.78 Å². The average Bonchev–Trinajstić information content (AvgIpc) is 2.84. The van der Waals surface area contributed by atoms with Crippen LogP contribution in [0.3, 0.4) is 0 Å². The van der Waals surface area contributed by atoms with Crippen molar-refractivity contribution in [1.82, 2.24) is 9.88 Å². The fourth-order valence-corrected chi connectivity index (χ4v) is 2.37. The van der Waals surface area contributed by atoms with Gasteiger partial charge in [-0.3, -0.25) is 9.59 Å². The number of aliphatic carboxylic acids is 2. The Bertz CT molecular complexity index is 577. The van der Waals surface area contributed by atoms with Gasteiger partial charge in [0, 0.05) is 12.7 Å². The van der Waals surface area contributed by atoms with E-state index in [0.29, 0.717) is 0 Å². The maximum Gasteiger partial charge on any atom is 0.326 e. The van der Waals surface area contributed by atoms with Gasteiger partial charge in [-0.05, 0) is 18.6 Å². The van der Waals surface area contributed by atoms with Gasteiger partial charge >= 0.3 is 11.9 Å². The van der Waals surface area contributed by atoms with Gasteiger partial charge in [0.1, 0.15) is 11.2 Å². The molecule has 0 radical (unpaired) electrons. The van der Waals surface area contributed by atoms with Crippen molar-refractivity contribution in [1.29, 1.82) is 0 Å². The van der Waals surface area contributed by atoms with E-state index in [2.05, 4.69) is 4.98 Å². The highest BCUT2D eigenvalue weighted by atomic mass is 35.5. The van der Waals surface area contributed by atoms with Crippen LogP contribution in [0.25, 0.3) is 0 Å². The molecule has 1 amide bonds. The minimum Gasteiger partial charge on any atom is -0.481 e. The molecule has 1 fully saturated rings. The summed E-state index contributed by atoms with van der Waals surface area (Å²) in [5.74, 6) is -3.87. The number of nitrogens with zero attached hydrogens (tertiary/aromatic N) is 2. The van der Waals surface area contributed by atoms with Crippen LogP contribution in [-0.2, 0) is 9.59 Å². The van der Waals surface area contributed by atoms with E-state index >= 15 is 0 Å². The molecule has 1 aliphatic heterocycles. The largest absolute Gasteiger partial charge is 0.481 e. The van der Waals surface area contributed by atoms with Gasteiger partial charge < -0.3 is 15.1 Å². The van der Waals surface area contributed by atoms with Gasteiger partial charge in [0.25, 0.3) is 5.91 Å². The van der Waals surface area contributed by atoms with Crippen molar-refractivity contribution in [3.63, 3.8) is 0 Å². The second kappa shape index (κ2) is 5.46. The van der Waals surface area contributed by atoms with Crippen LogP contribution in [0.4, 0.5) is 0 Å². The number of rotatable bonds is 3. The topological polar surface area (TPSA) is 108 Å². The Balaban J connectivity index is 2.30. The number of carboxylic acids is 2. The zero-order valence-corrected chi connectivity index (χ0v) is 10.9. The molecule has 8 heteroatoms. The standard InChI is InChI=1S/C12H11ClN2O5/c13-9-7(2-1-3-14-9)10(16)15-5-6(11(17)18)4-8(15)12(19)20/h1-3,6,8H,4-5H2,(H,17,18)(H,19,20)/t6?,8-/m0/s1. The van der Waals surface area contributed by atoms with Crippen molar-refractivity contribution in [2.75, 3.05) is 6.54 Å². The number of carboxylic acid groups (broad SMARTS) is 2. The second-order valence-corrected chi connectivity index (χ2v) is 4.78. The number of carbonyl (C=O) groups excluding carboxylic acids is 1. The lowest BCUT2D eigenvalue weighted by atomic mass is 10.1. The number of aromatic nitrogens is 1. The monoisotopic (exact) mass is 298 g/mol. The van der Waals surface area contributed by atoms with E-state index in [4.69, 9.17) is 21.8 Å². The molecule has 106 valence electrons. The van der Waals surface area contributed by atoms with Gasteiger partial charge in [0.2, 0.25) is 0 Å². The molecule has 1 aliphatic rings. The molecule has 0 saturated carbocycles. The molecule has 0 aromatic carbocycles. The van der Waals surface area contributed by atoms with Crippen molar-refractivity contribution in [2.24, 2.45) is 5.92 Å². The van der Waals surface area contributed by atoms with Gasteiger partial charge in [-0.15, -0.1) is 0 Å². The third-order valence-electron chi connectivity index (χ3n) is 3.19. The smallest absolute Gasteiger partial charge is 0.326 e. The van der Waals surface area contributed by atoms with Crippen molar-refractivity contribution in [2.45, 2.75) is 12.5 Å². The number of pyridine rings is 1. The van der Waals surface area contributed by atoms with E-state index in [-0.39, 0.29) is 23.7 Å². The van der Waals surface area contributed by atoms with Crippen LogP contribution in [0, 0.1) is 5.92 Å². The van der Waals surface area contributed by atoms with E-state index in [9.17, 15) is 14.4 Å². The zero-order chi connectivity index (χ0) is 14.9. The SMILES string of the molecule is O=C(O)C1C[C@@H](C(=O)O)N(C(=O)c2cccnc2Cl)C1. The lowest BCUT2D eigenvalue weighted by Gasteiger charge is -2.21. The van der Waals surface area contributed by atoms with Crippen LogP contribution in [0.2, 0.25) is 5.15 Å². The molecule has 0 bridgehead atoms. The van der Waals surface area contributed by atoms with E-state index < -0.39 is 29.8 Å². The van der Waals surface area contributed by atoms with E-state index in [1.165, 1.54) is 18.3 Å². The lowest BCUT2D eigenvalue weighted by molar-refractivity contribution is -0.141. The van der Waals surface area contributed by atoms with Crippen molar-refractivity contribution >= 4 is 29.4 Å². The molecule has 1 saturated heterocycles. The summed E-state index contributed by atoms with van der Waals surface area (Å²) in [6.07, 6.45) is 1.28. The first-order valence-corrected chi connectivity index (χ1v) is 6.16. The number of hydrogen-bond acceptors (Lipinski definition) is 4. The Morgan fingerprint density at radius 3 is 2.55 bits per heavy atom. The maximum absolute atomic E-state index is 12.3. The summed E-state index contributed by atoms with van der Waals surface area (Å²) in [6.45, 7) is -0.156. The molecule has 2 N–H and O–H groups in total. The molecule has 2 atom stereocenters. The molecule has 0 aliphatic carbocycles. The Morgan fingerprint density at radius 2 is 2.00 bits per heavy atom. The molecule has 1 aromatic heterocycles. The molecular weight excluding hydrogens is 288 g/mol. The molecule has 7 nitrogen and oxygen atoms in total. The second-order valence-electron chi connectivity index (χ2n) is 4.42. The van der Waals surface area contributed by atoms with Crippen LogP contribution in [0.15, 0.2) is 18.3 Å². The molecule has 1 aromatic rings. The van der Waals surface area contributed by atoms with Crippen molar-refractivity contribution in [3.05, 3.63) is 29.0 Å². The van der Waals surface area contributed by atoms with Gasteiger partial charge in [0.15, 0.2) is 0 Å². The molecule has 0 spiro atoms. The number of amides is 1. The van der Waals surface area contributed by atoms with Crippen LogP contribution < -0.4 is 0 Å². The fraction of sp³-hybridized carbons (Fsp3) is 0.333. The van der Waals surface area contributed by atoms with Gasteiger partial charge in [-0.2, -0.15) is 0 Å². The number of likely N-dealkylation sites (tertiary alicyclic amines) is 1. The van der Waals surface area contributed by atoms with Crippen LogP contribution >= 0.6 is 11.6 Å². The fourth-order valence-electron chi connectivity index (χ4n) is 2.17. The summed E-state index contributed by atoms with van der Waals surface area (Å²) in [4.78, 5) is 39.2. The highest BCUT2D eigenvalue weighted by Crippen LogP contribution is 2.27. The summed E-state index contributed by atoms with van der Waals surface area (Å²) < 4.78 is 0. The summed E-state index contributed by atoms with van der Waals surface area (Å²) in [5.41, 5.74) is 0.0615. The normalized spacial score (nSPS) is 21.8. The predicted molar refractivity (Wildman–Crippen MR) is 67.5 cm³/mol. The van der Waals surface area contributed by atoms with E-state index in [0.717, 1.165) is 4.90 Å². The first-order chi connectivity index (χ1) is 9.41. The summed E-state index contributed by atoms with van der Waals surface area (Å²) >= 11 is 5.80. The van der Waals surface area contributed by atoms with Crippen molar-refractivity contribution in [3.8, 4) is 0 Å². The van der Waals surface area contributed by atoms with Crippen LogP contribution in [-0.4, -0.2) is 50.5 Å². The van der Waals surface area contributed by atoms with Crippen LogP contribution in [0.5, 0.6) is 0 Å². The van der Waals surface area contributed by atoms with E-state index in [1.807, 2.05) is 0 Å². The summed E-state index contributed by atoms with van der Waals surface area (Å²) in [6, 6.07) is 1.75. The quantitative estimate of drug-likeness (QED) is 0.797. The third-order valence-corrected chi connectivity index (χ3v) is 3.49. The zero-order valence-electron chi connectivity index (χ0n) is 10.2. The Kier molecular flexibility index (Phi) is 3.89. The van der Waals surface area contributed by atoms with Gasteiger partial charge in [-0.1, -0.05) is 11.6 Å². The third kappa shape index (κ3) is 2.57. The maximum atomic E-state index is 12.3. The van der Waals surface area contributed by atoms with E-state index in [1.54, 1.807) is 0 Å². The Hall–Kier alpha value is -2.15. The minimum atomic E-state index is -1.23. The minimum absolute atomic E-state index is 0.0413. The average molecular weight is 299 g/mol. The van der Waals surface area contributed by atoms with Crippen LogP contribution in [0.1, 0.15) is 16.8 Å². The summed E-state index contributed by atoms with van der Waals surface area (Å²) in [7, 11) is 0. The van der Waals surface area contributed by atoms with Crippen molar-refractivity contribution < 1.29 is 24.6 Å². The predicted octanol–water partition coefficient (Wildman–Crippen LogP) is 0.735. The molecular formula is C12H11ClN2O5. The number of halogens is 1. The number of carbonyl (C=O) groups is 3. The highest BCUT2D eigenvalue weighted by molar-refractivity contribution is 6.32. The first-order valence-electron chi connectivity index (χ1n) is 5.79. The highest BCUT2D eigenvalue weighted by Gasteiger charge is 2.43. The van der Waals surface area contributed by atoms with Gasteiger partial charge in [0.05, 0.1) is 11.5 Å². The number of hydrogen-bond donors (Lipinski definition) is 2. The molecule has 20 heavy (non-hydrogen) atoms. The summed E-state index contributed by atoms with van der Waals surface area (Å²) in [5, 5.41) is 18.0.